The summed E-state index contributed by atoms with van der Waals surface area (Å²) in [6, 6.07) is 10.4. The maximum atomic E-state index is 5.61. The van der Waals surface area contributed by atoms with E-state index in [2.05, 4.69) is 70.2 Å². The van der Waals surface area contributed by atoms with Crippen molar-refractivity contribution >= 4 is 5.96 Å². The zero-order valence-corrected chi connectivity index (χ0v) is 16.8. The third-order valence-electron chi connectivity index (χ3n) is 3.93. The lowest BCUT2D eigenvalue weighted by molar-refractivity contribution is 0.108. The van der Waals surface area contributed by atoms with Crippen LogP contribution in [-0.4, -0.2) is 41.8 Å². The van der Waals surface area contributed by atoms with Crippen LogP contribution in [0.4, 0.5) is 0 Å². The number of nitrogens with one attached hydrogen (secondary N) is 2. The van der Waals surface area contributed by atoms with Crippen LogP contribution in [0, 0.1) is 5.92 Å². The molecule has 0 aliphatic carbocycles. The topological polar surface area (TPSA) is 63.5 Å². The zero-order valence-electron chi connectivity index (χ0n) is 16.8. The zero-order chi connectivity index (χ0) is 19.3. The van der Waals surface area contributed by atoms with Crippen LogP contribution in [0.3, 0.4) is 0 Å². The first-order valence-electron chi connectivity index (χ1n) is 9.83. The Balaban J connectivity index is 1.83. The van der Waals surface area contributed by atoms with E-state index in [0.717, 1.165) is 51.1 Å². The van der Waals surface area contributed by atoms with Crippen molar-refractivity contribution < 1.29 is 4.74 Å². The molecule has 0 fully saturated rings. The van der Waals surface area contributed by atoms with Gasteiger partial charge in [-0.25, -0.2) is 9.98 Å². The van der Waals surface area contributed by atoms with Gasteiger partial charge in [0.2, 0.25) is 0 Å². The second kappa shape index (κ2) is 12.1. The summed E-state index contributed by atoms with van der Waals surface area (Å²) in [5.41, 5.74) is 1.26. The van der Waals surface area contributed by atoms with Crippen LogP contribution in [0.15, 0.2) is 47.7 Å². The normalized spacial score (nSPS) is 11.8. The van der Waals surface area contributed by atoms with Crippen LogP contribution in [-0.2, 0) is 17.8 Å². The number of rotatable bonds is 11. The minimum Gasteiger partial charge on any atom is -0.381 e. The summed E-state index contributed by atoms with van der Waals surface area (Å²) in [5.74, 6) is 2.35. The van der Waals surface area contributed by atoms with Crippen LogP contribution < -0.4 is 10.6 Å². The van der Waals surface area contributed by atoms with Crippen molar-refractivity contribution in [3.05, 3.63) is 54.1 Å². The maximum absolute atomic E-state index is 5.61. The molecule has 0 saturated heterocycles. The van der Waals surface area contributed by atoms with E-state index in [-0.39, 0.29) is 0 Å². The molecule has 2 aromatic rings. The molecule has 0 spiro atoms. The Kier molecular flexibility index (Phi) is 9.41. The monoisotopic (exact) mass is 371 g/mol. The molecular formula is C21H33N5O. The summed E-state index contributed by atoms with van der Waals surface area (Å²) >= 11 is 0. The van der Waals surface area contributed by atoms with Crippen LogP contribution >= 0.6 is 0 Å². The van der Waals surface area contributed by atoms with E-state index in [1.165, 1.54) is 5.56 Å². The molecule has 6 heteroatoms. The first-order valence-corrected chi connectivity index (χ1v) is 9.83. The standard InChI is InChI=1S/C21H33N5O/c1-4-22-21(24-11-8-14-27-17-18(2)3)25-15-20-23-12-13-26(20)16-19-9-6-5-7-10-19/h5-7,9-10,12-13,18H,4,8,11,14-17H2,1-3H3,(H2,22,24,25). The highest BCUT2D eigenvalue weighted by Crippen LogP contribution is 2.06. The van der Waals surface area contributed by atoms with Crippen molar-refractivity contribution in [3.8, 4) is 0 Å². The van der Waals surface area contributed by atoms with Gasteiger partial charge in [0.1, 0.15) is 12.4 Å². The molecule has 0 aliphatic rings. The van der Waals surface area contributed by atoms with E-state index in [4.69, 9.17) is 4.74 Å². The van der Waals surface area contributed by atoms with Gasteiger partial charge in [-0.2, -0.15) is 0 Å². The summed E-state index contributed by atoms with van der Waals surface area (Å²) in [4.78, 5) is 9.14. The van der Waals surface area contributed by atoms with Crippen molar-refractivity contribution in [3.63, 3.8) is 0 Å². The fourth-order valence-corrected chi connectivity index (χ4v) is 2.61. The molecule has 1 aromatic carbocycles. The molecule has 0 saturated carbocycles. The minimum atomic E-state index is 0.541. The first kappa shape index (κ1) is 21.0. The third kappa shape index (κ3) is 8.26. The molecule has 27 heavy (non-hydrogen) atoms. The number of hydrogen-bond donors (Lipinski definition) is 2. The predicted molar refractivity (Wildman–Crippen MR) is 111 cm³/mol. The van der Waals surface area contributed by atoms with E-state index in [1.807, 2.05) is 18.5 Å². The SMILES string of the molecule is CCNC(=NCc1nccn1Cc1ccccc1)NCCCOCC(C)C. The van der Waals surface area contributed by atoms with Gasteiger partial charge >= 0.3 is 0 Å². The number of imidazole rings is 1. The highest BCUT2D eigenvalue weighted by atomic mass is 16.5. The number of aromatic nitrogens is 2. The summed E-state index contributed by atoms with van der Waals surface area (Å²) in [7, 11) is 0. The predicted octanol–water partition coefficient (Wildman–Crippen LogP) is 3.05. The largest absolute Gasteiger partial charge is 0.381 e. The summed E-state index contributed by atoms with van der Waals surface area (Å²) in [6.45, 7) is 11.0. The van der Waals surface area contributed by atoms with Gasteiger partial charge < -0.3 is 19.9 Å². The Hall–Kier alpha value is -2.34. The highest BCUT2D eigenvalue weighted by molar-refractivity contribution is 5.79. The highest BCUT2D eigenvalue weighted by Gasteiger charge is 2.04. The Morgan fingerprint density at radius 2 is 2.04 bits per heavy atom. The van der Waals surface area contributed by atoms with Gasteiger partial charge in [0.15, 0.2) is 5.96 Å². The van der Waals surface area contributed by atoms with Crippen molar-refractivity contribution in [2.45, 2.75) is 40.3 Å². The van der Waals surface area contributed by atoms with Gasteiger partial charge in [0, 0.05) is 45.2 Å². The average molecular weight is 372 g/mol. The molecule has 1 heterocycles. The Bertz CT molecular complexity index is 666. The molecule has 0 radical (unpaired) electrons. The van der Waals surface area contributed by atoms with E-state index in [0.29, 0.717) is 12.5 Å². The van der Waals surface area contributed by atoms with Crippen LogP contribution in [0.5, 0.6) is 0 Å². The number of guanidine groups is 1. The van der Waals surface area contributed by atoms with Crippen molar-refractivity contribution in [2.75, 3.05) is 26.3 Å². The lowest BCUT2D eigenvalue weighted by atomic mass is 10.2. The number of aliphatic imine (C=N–C) groups is 1. The summed E-state index contributed by atoms with van der Waals surface area (Å²) in [5, 5.41) is 6.65. The second-order valence-corrected chi connectivity index (χ2v) is 6.90. The second-order valence-electron chi connectivity index (χ2n) is 6.90. The number of nitrogens with zero attached hydrogens (tertiary/aromatic N) is 3. The lowest BCUT2D eigenvalue weighted by Gasteiger charge is -2.12. The van der Waals surface area contributed by atoms with E-state index >= 15 is 0 Å². The minimum absolute atomic E-state index is 0.541. The summed E-state index contributed by atoms with van der Waals surface area (Å²) in [6.07, 6.45) is 4.80. The summed E-state index contributed by atoms with van der Waals surface area (Å²) < 4.78 is 7.76. The Morgan fingerprint density at radius 3 is 2.78 bits per heavy atom. The van der Waals surface area contributed by atoms with Gasteiger partial charge in [-0.05, 0) is 24.8 Å². The lowest BCUT2D eigenvalue weighted by Crippen LogP contribution is -2.38. The molecule has 148 valence electrons. The molecule has 1 aromatic heterocycles. The average Bonchev–Trinajstić information content (AvgIpc) is 3.10. The first-order chi connectivity index (χ1) is 13.2. The van der Waals surface area contributed by atoms with Gasteiger partial charge in [-0.1, -0.05) is 44.2 Å². The molecule has 6 nitrogen and oxygen atoms in total. The van der Waals surface area contributed by atoms with Gasteiger partial charge in [0.05, 0.1) is 0 Å². The van der Waals surface area contributed by atoms with E-state index < -0.39 is 0 Å². The van der Waals surface area contributed by atoms with Crippen molar-refractivity contribution in [2.24, 2.45) is 10.9 Å². The maximum Gasteiger partial charge on any atom is 0.191 e. The van der Waals surface area contributed by atoms with Crippen LogP contribution in [0.25, 0.3) is 0 Å². The number of hydrogen-bond acceptors (Lipinski definition) is 3. The van der Waals surface area contributed by atoms with Gasteiger partial charge in [0.25, 0.3) is 0 Å². The molecule has 0 atom stereocenters. The quantitative estimate of drug-likeness (QED) is 0.362. The Morgan fingerprint density at radius 1 is 1.22 bits per heavy atom. The fraction of sp³-hybridized carbons (Fsp3) is 0.524. The molecule has 2 N–H and O–H groups in total. The Labute approximate surface area is 163 Å². The third-order valence-corrected chi connectivity index (χ3v) is 3.93. The van der Waals surface area contributed by atoms with Gasteiger partial charge in [-0.3, -0.25) is 0 Å². The molecule has 2 rings (SSSR count). The van der Waals surface area contributed by atoms with Crippen LogP contribution in [0.1, 0.15) is 38.6 Å². The number of benzene rings is 1. The number of ether oxygens (including phenoxy) is 1. The molecular weight excluding hydrogens is 338 g/mol. The molecule has 0 aliphatic heterocycles. The van der Waals surface area contributed by atoms with E-state index in [1.54, 1.807) is 0 Å². The molecule has 0 bridgehead atoms. The van der Waals surface area contributed by atoms with Crippen molar-refractivity contribution in [1.82, 2.24) is 20.2 Å². The smallest absolute Gasteiger partial charge is 0.191 e. The van der Waals surface area contributed by atoms with Gasteiger partial charge in [-0.15, -0.1) is 0 Å². The molecule has 0 unspecified atom stereocenters. The van der Waals surface area contributed by atoms with Crippen molar-refractivity contribution in [1.29, 1.82) is 0 Å². The fourth-order valence-electron chi connectivity index (χ4n) is 2.61. The van der Waals surface area contributed by atoms with E-state index in [9.17, 15) is 0 Å². The van der Waals surface area contributed by atoms with Crippen LogP contribution in [0.2, 0.25) is 0 Å². The molecule has 0 amide bonds.